The van der Waals surface area contributed by atoms with Crippen LogP contribution in [-0.4, -0.2) is 17.4 Å². The van der Waals surface area contributed by atoms with Crippen molar-refractivity contribution < 1.29 is 4.79 Å². The van der Waals surface area contributed by atoms with E-state index in [0.29, 0.717) is 6.54 Å². The Bertz CT molecular complexity index is 399. The maximum absolute atomic E-state index is 12.2. The normalized spacial score (nSPS) is 18.0. The van der Waals surface area contributed by atoms with Crippen LogP contribution in [0.2, 0.25) is 0 Å². The molecule has 0 radical (unpaired) electrons. The van der Waals surface area contributed by atoms with Gasteiger partial charge in [0.1, 0.15) is 4.60 Å². The van der Waals surface area contributed by atoms with Gasteiger partial charge in [-0.2, -0.15) is 0 Å². The zero-order chi connectivity index (χ0) is 12.3. The standard InChI is InChI=1S/C12H16BrN3O/c13-10-4-3-9(7-15-10)16-11(17)12(8-14)5-1-2-6-12/h3-4,7H,1-2,5-6,8,14H2,(H,16,17). The second kappa shape index (κ2) is 5.14. The predicted molar refractivity (Wildman–Crippen MR) is 70.5 cm³/mol. The average Bonchev–Trinajstić information content (AvgIpc) is 2.82. The van der Waals surface area contributed by atoms with E-state index in [2.05, 4.69) is 26.2 Å². The van der Waals surface area contributed by atoms with Crippen LogP contribution in [-0.2, 0) is 4.79 Å². The lowest BCUT2D eigenvalue weighted by atomic mass is 9.85. The second-order valence-electron chi connectivity index (χ2n) is 4.52. The van der Waals surface area contributed by atoms with E-state index < -0.39 is 0 Å². The molecular weight excluding hydrogens is 282 g/mol. The smallest absolute Gasteiger partial charge is 0.231 e. The number of aromatic nitrogens is 1. The highest BCUT2D eigenvalue weighted by Gasteiger charge is 2.39. The summed E-state index contributed by atoms with van der Waals surface area (Å²) in [5, 5.41) is 2.90. The van der Waals surface area contributed by atoms with E-state index in [4.69, 9.17) is 5.73 Å². The van der Waals surface area contributed by atoms with E-state index in [1.165, 1.54) is 0 Å². The van der Waals surface area contributed by atoms with Gasteiger partial charge in [-0.05, 0) is 40.9 Å². The number of hydrogen-bond donors (Lipinski definition) is 2. The molecule has 17 heavy (non-hydrogen) atoms. The quantitative estimate of drug-likeness (QED) is 0.841. The minimum Gasteiger partial charge on any atom is -0.329 e. The summed E-state index contributed by atoms with van der Waals surface area (Å²) >= 11 is 3.26. The van der Waals surface area contributed by atoms with Crippen molar-refractivity contribution in [3.63, 3.8) is 0 Å². The van der Waals surface area contributed by atoms with Crippen LogP contribution in [0.15, 0.2) is 22.9 Å². The summed E-state index contributed by atoms with van der Waals surface area (Å²) in [6.07, 6.45) is 5.59. The van der Waals surface area contributed by atoms with Crippen molar-refractivity contribution in [3.8, 4) is 0 Å². The van der Waals surface area contributed by atoms with Gasteiger partial charge in [-0.25, -0.2) is 4.98 Å². The fourth-order valence-electron chi connectivity index (χ4n) is 2.29. The van der Waals surface area contributed by atoms with Crippen molar-refractivity contribution in [1.29, 1.82) is 0 Å². The third kappa shape index (κ3) is 2.66. The SMILES string of the molecule is NCC1(C(=O)Nc2ccc(Br)nc2)CCCC1. The van der Waals surface area contributed by atoms with Crippen LogP contribution in [0, 0.1) is 5.41 Å². The molecule has 1 amide bonds. The van der Waals surface area contributed by atoms with Gasteiger partial charge in [-0.15, -0.1) is 0 Å². The summed E-state index contributed by atoms with van der Waals surface area (Å²) in [6.45, 7) is 0.419. The van der Waals surface area contributed by atoms with Crippen molar-refractivity contribution in [2.24, 2.45) is 11.1 Å². The van der Waals surface area contributed by atoms with E-state index in [-0.39, 0.29) is 11.3 Å². The molecule has 1 fully saturated rings. The van der Waals surface area contributed by atoms with Crippen LogP contribution in [0.4, 0.5) is 5.69 Å². The van der Waals surface area contributed by atoms with Crippen LogP contribution in [0.25, 0.3) is 0 Å². The lowest BCUT2D eigenvalue weighted by molar-refractivity contribution is -0.124. The highest BCUT2D eigenvalue weighted by molar-refractivity contribution is 9.10. The molecule has 1 aliphatic carbocycles. The number of amides is 1. The number of anilines is 1. The summed E-state index contributed by atoms with van der Waals surface area (Å²) < 4.78 is 0.755. The molecule has 1 aliphatic rings. The van der Waals surface area contributed by atoms with Gasteiger partial charge in [0, 0.05) is 6.54 Å². The number of nitrogens with two attached hydrogens (primary N) is 1. The largest absolute Gasteiger partial charge is 0.329 e. The number of carbonyl (C=O) groups is 1. The molecule has 0 atom stereocenters. The molecule has 0 spiro atoms. The molecule has 0 unspecified atom stereocenters. The first-order valence-corrected chi connectivity index (χ1v) is 6.59. The third-order valence-electron chi connectivity index (χ3n) is 3.42. The van der Waals surface area contributed by atoms with Crippen LogP contribution in [0.1, 0.15) is 25.7 Å². The van der Waals surface area contributed by atoms with E-state index in [9.17, 15) is 4.79 Å². The zero-order valence-corrected chi connectivity index (χ0v) is 11.2. The number of nitrogens with one attached hydrogen (secondary N) is 1. The number of nitrogens with zero attached hydrogens (tertiary/aromatic N) is 1. The van der Waals surface area contributed by atoms with Gasteiger partial charge in [0.15, 0.2) is 0 Å². The first kappa shape index (κ1) is 12.5. The van der Waals surface area contributed by atoms with Crippen molar-refractivity contribution in [1.82, 2.24) is 4.98 Å². The first-order chi connectivity index (χ1) is 8.16. The number of hydrogen-bond acceptors (Lipinski definition) is 3. The Morgan fingerprint density at radius 2 is 2.18 bits per heavy atom. The Balaban J connectivity index is 2.08. The molecule has 92 valence electrons. The summed E-state index contributed by atoms with van der Waals surface area (Å²) in [5.41, 5.74) is 6.12. The topological polar surface area (TPSA) is 68.0 Å². The molecule has 2 rings (SSSR count). The van der Waals surface area contributed by atoms with Gasteiger partial charge in [-0.1, -0.05) is 12.8 Å². The highest BCUT2D eigenvalue weighted by atomic mass is 79.9. The van der Waals surface area contributed by atoms with E-state index in [1.807, 2.05) is 6.07 Å². The molecule has 3 N–H and O–H groups in total. The van der Waals surface area contributed by atoms with Gasteiger partial charge in [0.05, 0.1) is 17.3 Å². The maximum Gasteiger partial charge on any atom is 0.231 e. The molecule has 1 aromatic rings. The molecule has 1 aromatic heterocycles. The minimum absolute atomic E-state index is 0.0293. The molecule has 4 nitrogen and oxygen atoms in total. The second-order valence-corrected chi connectivity index (χ2v) is 5.33. The summed E-state index contributed by atoms with van der Waals surface area (Å²) in [7, 11) is 0. The number of pyridine rings is 1. The summed E-state index contributed by atoms with van der Waals surface area (Å²) in [4.78, 5) is 16.3. The number of rotatable bonds is 3. The third-order valence-corrected chi connectivity index (χ3v) is 3.89. The molecule has 0 aliphatic heterocycles. The molecular formula is C12H16BrN3O. The van der Waals surface area contributed by atoms with Gasteiger partial charge in [-0.3, -0.25) is 4.79 Å². The Morgan fingerprint density at radius 3 is 2.71 bits per heavy atom. The summed E-state index contributed by atoms with van der Waals surface area (Å²) in [6, 6.07) is 3.63. The Labute approximate surface area is 109 Å². The van der Waals surface area contributed by atoms with E-state index in [0.717, 1.165) is 36.0 Å². The van der Waals surface area contributed by atoms with E-state index >= 15 is 0 Å². The fraction of sp³-hybridized carbons (Fsp3) is 0.500. The monoisotopic (exact) mass is 297 g/mol. The lowest BCUT2D eigenvalue weighted by Gasteiger charge is -2.25. The van der Waals surface area contributed by atoms with Crippen molar-refractivity contribution in [2.75, 3.05) is 11.9 Å². The van der Waals surface area contributed by atoms with Crippen molar-refractivity contribution in [2.45, 2.75) is 25.7 Å². The van der Waals surface area contributed by atoms with Crippen LogP contribution >= 0.6 is 15.9 Å². The number of halogens is 1. The molecule has 0 saturated heterocycles. The van der Waals surface area contributed by atoms with Crippen molar-refractivity contribution >= 4 is 27.5 Å². The van der Waals surface area contributed by atoms with Crippen LogP contribution < -0.4 is 11.1 Å². The first-order valence-electron chi connectivity index (χ1n) is 5.79. The Kier molecular flexibility index (Phi) is 3.79. The summed E-state index contributed by atoms with van der Waals surface area (Å²) in [5.74, 6) is 0.0293. The molecule has 1 heterocycles. The van der Waals surface area contributed by atoms with Crippen molar-refractivity contribution in [3.05, 3.63) is 22.9 Å². The Hall–Kier alpha value is -0.940. The van der Waals surface area contributed by atoms with Gasteiger partial charge in [0.2, 0.25) is 5.91 Å². The number of carbonyl (C=O) groups excluding carboxylic acids is 1. The van der Waals surface area contributed by atoms with Gasteiger partial charge < -0.3 is 11.1 Å². The Morgan fingerprint density at radius 1 is 1.47 bits per heavy atom. The fourth-order valence-corrected chi connectivity index (χ4v) is 2.52. The zero-order valence-electron chi connectivity index (χ0n) is 9.58. The average molecular weight is 298 g/mol. The predicted octanol–water partition coefficient (Wildman–Crippen LogP) is 2.30. The van der Waals surface area contributed by atoms with Crippen LogP contribution in [0.5, 0.6) is 0 Å². The van der Waals surface area contributed by atoms with Crippen LogP contribution in [0.3, 0.4) is 0 Å². The molecule has 5 heteroatoms. The van der Waals surface area contributed by atoms with E-state index in [1.54, 1.807) is 12.3 Å². The maximum atomic E-state index is 12.2. The highest BCUT2D eigenvalue weighted by Crippen LogP contribution is 2.38. The van der Waals surface area contributed by atoms with Gasteiger partial charge >= 0.3 is 0 Å². The molecule has 1 saturated carbocycles. The van der Waals surface area contributed by atoms with Gasteiger partial charge in [0.25, 0.3) is 0 Å². The lowest BCUT2D eigenvalue weighted by Crippen LogP contribution is -2.40. The minimum atomic E-state index is -0.368. The molecule has 0 bridgehead atoms. The molecule has 0 aromatic carbocycles.